The molecule has 3 nitrogen and oxygen atoms in total. The summed E-state index contributed by atoms with van der Waals surface area (Å²) < 4.78 is 2.12. The number of hydrogen-bond donors (Lipinski definition) is 0. The molecule has 0 aliphatic carbocycles. The molecule has 3 heteroatoms. The molecule has 0 rings (SSSR count). The molecule has 14 heavy (non-hydrogen) atoms. The van der Waals surface area contributed by atoms with Crippen molar-refractivity contribution >= 4 is 6.21 Å². The van der Waals surface area contributed by atoms with Gasteiger partial charge in [-0.3, -0.25) is 0 Å². The Morgan fingerprint density at radius 2 is 1.79 bits per heavy atom. The first-order chi connectivity index (χ1) is 6.44. The molecular formula is C11H25N2O+. The zero-order valence-corrected chi connectivity index (χ0v) is 10.5. The van der Waals surface area contributed by atoms with Gasteiger partial charge in [0, 0.05) is 6.42 Å². The quantitative estimate of drug-likeness (QED) is 0.386. The third-order valence-corrected chi connectivity index (χ3v) is 1.65. The van der Waals surface area contributed by atoms with E-state index in [1.165, 1.54) is 0 Å². The Bertz CT molecular complexity index is 182. The maximum absolute atomic E-state index is 5.82. The molecule has 0 aromatic carbocycles. The van der Waals surface area contributed by atoms with Crippen LogP contribution in [0.25, 0.3) is 0 Å². The lowest BCUT2D eigenvalue weighted by atomic mass is 10.2. The van der Waals surface area contributed by atoms with Gasteiger partial charge in [0.2, 0.25) is 0 Å². The number of hydroxylamine groups is 1. The first-order valence-electron chi connectivity index (χ1n) is 5.51. The number of rotatable bonds is 5. The van der Waals surface area contributed by atoms with Crippen LogP contribution in [-0.4, -0.2) is 34.8 Å². The lowest BCUT2D eigenvalue weighted by molar-refractivity contribution is -0.764. The van der Waals surface area contributed by atoms with Crippen LogP contribution in [0, 0.1) is 0 Å². The second-order valence-corrected chi connectivity index (χ2v) is 4.22. The number of hydrazone groups is 1. The van der Waals surface area contributed by atoms with E-state index in [-0.39, 0.29) is 5.60 Å². The van der Waals surface area contributed by atoms with Crippen LogP contribution in [0.2, 0.25) is 0 Å². The second kappa shape index (κ2) is 6.02. The van der Waals surface area contributed by atoms with Gasteiger partial charge in [-0.1, -0.05) is 16.8 Å². The van der Waals surface area contributed by atoms with Crippen molar-refractivity contribution in [3.05, 3.63) is 0 Å². The van der Waals surface area contributed by atoms with Crippen molar-refractivity contribution in [3.8, 4) is 0 Å². The zero-order chi connectivity index (χ0) is 11.2. The summed E-state index contributed by atoms with van der Waals surface area (Å²) >= 11 is 0. The van der Waals surface area contributed by atoms with E-state index in [9.17, 15) is 0 Å². The fraction of sp³-hybridized carbons (Fsp3) is 0.909. The predicted molar refractivity (Wildman–Crippen MR) is 60.4 cm³/mol. The standard InChI is InChI=1S/C11H25N2O/c1-7-10-12(8-2)13(9-3)14-11(4,5)6/h10H,7-9H2,1-6H3/q+1/b12-10-. The van der Waals surface area contributed by atoms with Crippen molar-refractivity contribution in [1.82, 2.24) is 5.17 Å². The summed E-state index contributed by atoms with van der Waals surface area (Å²) in [7, 11) is 0. The minimum absolute atomic E-state index is 0.134. The van der Waals surface area contributed by atoms with Crippen molar-refractivity contribution in [3.63, 3.8) is 0 Å². The number of nitrogens with zero attached hydrogens (tertiary/aromatic N) is 2. The largest absolute Gasteiger partial charge is 0.220 e. The van der Waals surface area contributed by atoms with E-state index in [2.05, 4.69) is 52.4 Å². The number of hydrogen-bond acceptors (Lipinski definition) is 2. The molecule has 0 bridgehead atoms. The summed E-state index contributed by atoms with van der Waals surface area (Å²) in [5.41, 5.74) is -0.134. The minimum atomic E-state index is -0.134. The molecule has 84 valence electrons. The van der Waals surface area contributed by atoms with Crippen LogP contribution in [0.3, 0.4) is 0 Å². The topological polar surface area (TPSA) is 15.5 Å². The summed E-state index contributed by atoms with van der Waals surface area (Å²) in [6.45, 7) is 14.4. The molecule has 0 unspecified atom stereocenters. The van der Waals surface area contributed by atoms with Crippen molar-refractivity contribution in [1.29, 1.82) is 0 Å². The molecule has 0 aliphatic heterocycles. The molecule has 0 heterocycles. The monoisotopic (exact) mass is 201 g/mol. The summed E-state index contributed by atoms with van der Waals surface area (Å²) in [5.74, 6) is 0. The number of hydrazine groups is 1. The Balaban J connectivity index is 4.45. The third kappa shape index (κ3) is 5.22. The molecule has 0 atom stereocenters. The van der Waals surface area contributed by atoms with Crippen LogP contribution in [0.1, 0.15) is 48.0 Å². The van der Waals surface area contributed by atoms with Crippen LogP contribution in [0.5, 0.6) is 0 Å². The first-order valence-corrected chi connectivity index (χ1v) is 5.51. The zero-order valence-electron chi connectivity index (χ0n) is 10.5. The Labute approximate surface area is 88.3 Å². The van der Waals surface area contributed by atoms with Gasteiger partial charge in [0.05, 0.1) is 5.60 Å². The average molecular weight is 201 g/mol. The predicted octanol–water partition coefficient (Wildman–Crippen LogP) is 2.47. The molecule has 0 spiro atoms. The highest BCUT2D eigenvalue weighted by atomic mass is 16.7. The van der Waals surface area contributed by atoms with Crippen LogP contribution >= 0.6 is 0 Å². The molecular weight excluding hydrogens is 176 g/mol. The summed E-state index contributed by atoms with van der Waals surface area (Å²) in [5, 5.41) is 1.92. The van der Waals surface area contributed by atoms with Gasteiger partial charge in [0.1, 0.15) is 6.54 Å². The van der Waals surface area contributed by atoms with Gasteiger partial charge in [0.25, 0.3) is 0 Å². The van der Waals surface area contributed by atoms with Crippen molar-refractivity contribution in [2.45, 2.75) is 53.6 Å². The summed E-state index contributed by atoms with van der Waals surface area (Å²) in [6.07, 6.45) is 3.17. The highest BCUT2D eigenvalue weighted by Crippen LogP contribution is 2.10. The van der Waals surface area contributed by atoms with Crippen LogP contribution < -0.4 is 0 Å². The fourth-order valence-electron chi connectivity index (χ4n) is 1.20. The highest BCUT2D eigenvalue weighted by molar-refractivity contribution is 5.50. The maximum atomic E-state index is 5.82. The minimum Gasteiger partial charge on any atom is -0.220 e. The smallest absolute Gasteiger partial charge is 0.172 e. The van der Waals surface area contributed by atoms with Gasteiger partial charge < -0.3 is 0 Å². The van der Waals surface area contributed by atoms with Gasteiger partial charge in [-0.15, -0.1) is 0 Å². The molecule has 0 aromatic heterocycles. The maximum Gasteiger partial charge on any atom is 0.172 e. The van der Waals surface area contributed by atoms with Crippen LogP contribution in [0.15, 0.2) is 0 Å². The third-order valence-electron chi connectivity index (χ3n) is 1.65. The van der Waals surface area contributed by atoms with Crippen LogP contribution in [-0.2, 0) is 4.84 Å². The lowest BCUT2D eigenvalue weighted by Gasteiger charge is -2.26. The van der Waals surface area contributed by atoms with Gasteiger partial charge in [-0.2, -0.15) is 0 Å². The summed E-state index contributed by atoms with van der Waals surface area (Å²) in [6, 6.07) is 0. The Morgan fingerprint density at radius 3 is 2.07 bits per heavy atom. The first kappa shape index (κ1) is 13.4. The highest BCUT2D eigenvalue weighted by Gasteiger charge is 2.21. The SMILES string of the molecule is CC/C=[N+](/CC)N(CC)OC(C)(C)C. The molecule has 0 aliphatic rings. The normalized spacial score (nSPS) is 13.1. The van der Waals surface area contributed by atoms with E-state index in [4.69, 9.17) is 4.84 Å². The molecule has 0 saturated heterocycles. The lowest BCUT2D eigenvalue weighted by Crippen LogP contribution is -2.41. The van der Waals surface area contributed by atoms with Crippen LogP contribution in [0.4, 0.5) is 0 Å². The molecule has 0 saturated carbocycles. The van der Waals surface area contributed by atoms with E-state index < -0.39 is 0 Å². The van der Waals surface area contributed by atoms with Gasteiger partial charge >= 0.3 is 0 Å². The van der Waals surface area contributed by atoms with E-state index >= 15 is 0 Å². The average Bonchev–Trinajstić information content (AvgIpc) is 2.09. The van der Waals surface area contributed by atoms with E-state index in [1.807, 2.05) is 5.17 Å². The Kier molecular flexibility index (Phi) is 5.77. The van der Waals surface area contributed by atoms with Crippen molar-refractivity contribution < 1.29 is 9.52 Å². The van der Waals surface area contributed by atoms with Gasteiger partial charge in [-0.25, -0.2) is 4.84 Å². The molecule has 0 amide bonds. The van der Waals surface area contributed by atoms with Gasteiger partial charge in [-0.05, 0) is 34.6 Å². The van der Waals surface area contributed by atoms with E-state index in [0.29, 0.717) is 0 Å². The molecule has 0 radical (unpaired) electrons. The molecule has 0 N–H and O–H groups in total. The Morgan fingerprint density at radius 1 is 1.21 bits per heavy atom. The van der Waals surface area contributed by atoms with Crippen molar-refractivity contribution in [2.75, 3.05) is 13.1 Å². The van der Waals surface area contributed by atoms with Crippen molar-refractivity contribution in [2.24, 2.45) is 0 Å². The van der Waals surface area contributed by atoms with E-state index in [1.54, 1.807) is 0 Å². The fourth-order valence-corrected chi connectivity index (χ4v) is 1.20. The van der Waals surface area contributed by atoms with E-state index in [0.717, 1.165) is 19.5 Å². The Hall–Kier alpha value is -0.570. The molecule has 0 aromatic rings. The van der Waals surface area contributed by atoms with Gasteiger partial charge in [0.15, 0.2) is 12.8 Å². The summed E-state index contributed by atoms with van der Waals surface area (Å²) in [4.78, 5) is 5.82. The molecule has 0 fully saturated rings. The second-order valence-electron chi connectivity index (χ2n) is 4.22.